The van der Waals surface area contributed by atoms with E-state index in [9.17, 15) is 4.79 Å². The van der Waals surface area contributed by atoms with Crippen molar-refractivity contribution < 1.29 is 14.6 Å². The third-order valence-electron chi connectivity index (χ3n) is 2.99. The average Bonchev–Trinajstić information content (AvgIpc) is 2.40. The molecule has 0 fully saturated rings. The van der Waals surface area contributed by atoms with E-state index in [1.807, 2.05) is 49.4 Å². The molecule has 3 nitrogen and oxygen atoms in total. The first-order valence-corrected chi connectivity index (χ1v) is 6.06. The van der Waals surface area contributed by atoms with E-state index in [4.69, 9.17) is 9.84 Å². The van der Waals surface area contributed by atoms with Crippen molar-refractivity contribution in [1.82, 2.24) is 0 Å². The van der Waals surface area contributed by atoms with Gasteiger partial charge in [-0.25, -0.2) is 0 Å². The van der Waals surface area contributed by atoms with Crippen LogP contribution in [0, 0.1) is 6.92 Å². The van der Waals surface area contributed by atoms with Crippen molar-refractivity contribution >= 4 is 5.97 Å². The fourth-order valence-corrected chi connectivity index (χ4v) is 2.07. The first-order chi connectivity index (χ1) is 9.10. The summed E-state index contributed by atoms with van der Waals surface area (Å²) >= 11 is 0. The standard InChI is InChI=1S/C16H16O3/c1-11-6-7-13(10-16(17)18)15(8-11)12-4-3-5-14(9-12)19-2/h3-9H,10H2,1-2H3,(H,17,18). The Labute approximate surface area is 112 Å². The number of methoxy groups -OCH3 is 1. The molecule has 0 unspecified atom stereocenters. The maximum atomic E-state index is 10.9. The highest BCUT2D eigenvalue weighted by Crippen LogP contribution is 2.28. The molecule has 0 aliphatic rings. The number of carboxylic acid groups (broad SMARTS) is 1. The topological polar surface area (TPSA) is 46.5 Å². The van der Waals surface area contributed by atoms with E-state index in [0.29, 0.717) is 0 Å². The number of hydrogen-bond acceptors (Lipinski definition) is 2. The molecule has 3 heteroatoms. The van der Waals surface area contributed by atoms with E-state index in [0.717, 1.165) is 28.0 Å². The summed E-state index contributed by atoms with van der Waals surface area (Å²) in [5.74, 6) is -0.0618. The predicted molar refractivity (Wildman–Crippen MR) is 74.5 cm³/mol. The quantitative estimate of drug-likeness (QED) is 0.913. The van der Waals surface area contributed by atoms with Crippen molar-refractivity contribution in [2.24, 2.45) is 0 Å². The van der Waals surface area contributed by atoms with Crippen LogP contribution >= 0.6 is 0 Å². The third-order valence-corrected chi connectivity index (χ3v) is 2.99. The van der Waals surface area contributed by atoms with Crippen LogP contribution in [-0.2, 0) is 11.2 Å². The van der Waals surface area contributed by atoms with Gasteiger partial charge in [0.05, 0.1) is 13.5 Å². The minimum absolute atomic E-state index is 0.0207. The van der Waals surface area contributed by atoms with E-state index in [-0.39, 0.29) is 6.42 Å². The lowest BCUT2D eigenvalue weighted by molar-refractivity contribution is -0.136. The van der Waals surface area contributed by atoms with Crippen LogP contribution < -0.4 is 4.74 Å². The second-order valence-electron chi connectivity index (χ2n) is 4.46. The van der Waals surface area contributed by atoms with Crippen LogP contribution in [-0.4, -0.2) is 18.2 Å². The molecule has 0 amide bonds. The summed E-state index contributed by atoms with van der Waals surface area (Å²) in [5.41, 5.74) is 3.83. The molecule has 0 radical (unpaired) electrons. The van der Waals surface area contributed by atoms with Gasteiger partial charge in [0.25, 0.3) is 0 Å². The molecule has 0 aliphatic carbocycles. The summed E-state index contributed by atoms with van der Waals surface area (Å²) in [4.78, 5) is 10.9. The Morgan fingerprint density at radius 2 is 2.00 bits per heavy atom. The first-order valence-electron chi connectivity index (χ1n) is 6.06. The molecule has 98 valence electrons. The van der Waals surface area contributed by atoms with Crippen molar-refractivity contribution in [2.75, 3.05) is 7.11 Å². The molecule has 0 aromatic heterocycles. The van der Waals surface area contributed by atoms with Crippen LogP contribution in [0.2, 0.25) is 0 Å². The predicted octanol–water partition coefficient (Wildman–Crippen LogP) is 3.30. The molecule has 0 saturated heterocycles. The zero-order valence-electron chi connectivity index (χ0n) is 11.0. The molecule has 2 rings (SSSR count). The van der Waals surface area contributed by atoms with E-state index >= 15 is 0 Å². The number of aryl methyl sites for hydroxylation is 1. The van der Waals surface area contributed by atoms with Crippen LogP contribution in [0.15, 0.2) is 42.5 Å². The molecular weight excluding hydrogens is 240 g/mol. The van der Waals surface area contributed by atoms with Crippen LogP contribution in [0.3, 0.4) is 0 Å². The molecule has 0 saturated carbocycles. The van der Waals surface area contributed by atoms with Gasteiger partial charge in [-0.1, -0.05) is 35.9 Å². The van der Waals surface area contributed by atoms with Crippen LogP contribution in [0.4, 0.5) is 0 Å². The lowest BCUT2D eigenvalue weighted by Gasteiger charge is -2.10. The fourth-order valence-electron chi connectivity index (χ4n) is 2.07. The van der Waals surface area contributed by atoms with Gasteiger partial charge in [-0.05, 0) is 35.7 Å². The van der Waals surface area contributed by atoms with Crippen LogP contribution in [0.1, 0.15) is 11.1 Å². The number of carboxylic acids is 1. The van der Waals surface area contributed by atoms with Crippen molar-refractivity contribution in [3.05, 3.63) is 53.6 Å². The van der Waals surface area contributed by atoms with Crippen LogP contribution in [0.25, 0.3) is 11.1 Å². The number of ether oxygens (including phenoxy) is 1. The highest BCUT2D eigenvalue weighted by Gasteiger charge is 2.09. The summed E-state index contributed by atoms with van der Waals surface area (Å²) in [6.45, 7) is 1.99. The van der Waals surface area contributed by atoms with E-state index in [1.165, 1.54) is 0 Å². The molecule has 0 spiro atoms. The van der Waals surface area contributed by atoms with Crippen molar-refractivity contribution in [2.45, 2.75) is 13.3 Å². The van der Waals surface area contributed by atoms with Gasteiger partial charge in [-0.3, -0.25) is 4.79 Å². The molecule has 2 aromatic rings. The minimum Gasteiger partial charge on any atom is -0.497 e. The number of rotatable bonds is 4. The van der Waals surface area contributed by atoms with Crippen molar-refractivity contribution in [3.63, 3.8) is 0 Å². The third kappa shape index (κ3) is 3.13. The smallest absolute Gasteiger partial charge is 0.307 e. The Balaban J connectivity index is 2.52. The zero-order chi connectivity index (χ0) is 13.8. The van der Waals surface area contributed by atoms with Crippen molar-refractivity contribution in [1.29, 1.82) is 0 Å². The molecule has 0 bridgehead atoms. The summed E-state index contributed by atoms with van der Waals surface area (Å²) in [6, 6.07) is 13.5. The van der Waals surface area contributed by atoms with Crippen molar-refractivity contribution in [3.8, 4) is 16.9 Å². The minimum atomic E-state index is -0.826. The van der Waals surface area contributed by atoms with Gasteiger partial charge in [0.1, 0.15) is 5.75 Å². The monoisotopic (exact) mass is 256 g/mol. The molecule has 0 aliphatic heterocycles. The Bertz CT molecular complexity index is 603. The molecular formula is C16H16O3. The van der Waals surface area contributed by atoms with Crippen LogP contribution in [0.5, 0.6) is 5.75 Å². The summed E-state index contributed by atoms with van der Waals surface area (Å²) in [7, 11) is 1.62. The molecule has 1 N–H and O–H groups in total. The second kappa shape index (κ2) is 5.57. The van der Waals surface area contributed by atoms with Gasteiger partial charge in [0, 0.05) is 0 Å². The van der Waals surface area contributed by atoms with E-state index < -0.39 is 5.97 Å². The number of benzene rings is 2. The normalized spacial score (nSPS) is 10.2. The van der Waals surface area contributed by atoms with Gasteiger partial charge in [0.2, 0.25) is 0 Å². The van der Waals surface area contributed by atoms with Gasteiger partial charge >= 0.3 is 5.97 Å². The molecule has 0 atom stereocenters. The Hall–Kier alpha value is -2.29. The summed E-state index contributed by atoms with van der Waals surface area (Å²) < 4.78 is 5.21. The largest absolute Gasteiger partial charge is 0.497 e. The number of hydrogen-bond donors (Lipinski definition) is 1. The Morgan fingerprint density at radius 3 is 2.68 bits per heavy atom. The Kier molecular flexibility index (Phi) is 3.85. The summed E-state index contributed by atoms with van der Waals surface area (Å²) in [5, 5.41) is 8.98. The maximum Gasteiger partial charge on any atom is 0.307 e. The summed E-state index contributed by atoms with van der Waals surface area (Å²) in [6.07, 6.45) is 0.0207. The average molecular weight is 256 g/mol. The number of aliphatic carboxylic acids is 1. The molecule has 2 aromatic carbocycles. The lowest BCUT2D eigenvalue weighted by Crippen LogP contribution is -2.02. The van der Waals surface area contributed by atoms with E-state index in [2.05, 4.69) is 0 Å². The van der Waals surface area contributed by atoms with Gasteiger partial charge in [0.15, 0.2) is 0 Å². The SMILES string of the molecule is COc1cccc(-c2cc(C)ccc2CC(=O)O)c1. The zero-order valence-corrected chi connectivity index (χ0v) is 11.0. The first kappa shape index (κ1) is 13.1. The maximum absolute atomic E-state index is 10.9. The second-order valence-corrected chi connectivity index (χ2v) is 4.46. The van der Waals surface area contributed by atoms with E-state index in [1.54, 1.807) is 7.11 Å². The fraction of sp³-hybridized carbons (Fsp3) is 0.188. The lowest BCUT2D eigenvalue weighted by atomic mass is 9.95. The Morgan fingerprint density at radius 1 is 1.21 bits per heavy atom. The highest BCUT2D eigenvalue weighted by atomic mass is 16.5. The van der Waals surface area contributed by atoms with Gasteiger partial charge < -0.3 is 9.84 Å². The molecule has 19 heavy (non-hydrogen) atoms. The molecule has 0 heterocycles. The van der Waals surface area contributed by atoms with Gasteiger partial charge in [-0.2, -0.15) is 0 Å². The number of carbonyl (C=O) groups is 1. The van der Waals surface area contributed by atoms with Gasteiger partial charge in [-0.15, -0.1) is 0 Å². The highest BCUT2D eigenvalue weighted by molar-refractivity contribution is 5.77.